The van der Waals surface area contributed by atoms with E-state index < -0.39 is 0 Å². The summed E-state index contributed by atoms with van der Waals surface area (Å²) in [5, 5.41) is 3.87. The Morgan fingerprint density at radius 2 is 1.73 bits per heavy atom. The first-order chi connectivity index (χ1) is 12.5. The zero-order valence-electron chi connectivity index (χ0n) is 15.5. The second-order valence-corrected chi connectivity index (χ2v) is 8.29. The highest BCUT2D eigenvalue weighted by Crippen LogP contribution is 2.24. The van der Waals surface area contributed by atoms with Crippen molar-refractivity contribution in [3.05, 3.63) is 34.9 Å². The number of amides is 1. The van der Waals surface area contributed by atoms with E-state index in [4.69, 9.17) is 11.6 Å². The van der Waals surface area contributed by atoms with Crippen LogP contribution in [0.4, 0.5) is 0 Å². The summed E-state index contributed by atoms with van der Waals surface area (Å²) in [5.74, 6) is 0.956. The standard InChI is InChI=1S/C21H29ClN2O2/c1-15-4-2-3-5-19(15)23-20(25)14-24-12-10-17(11-13-24)21(26)16-6-8-18(22)9-7-16/h6-9,15,17,19H,2-5,10-14H2,1H3,(H,23,25). The Morgan fingerprint density at radius 1 is 1.08 bits per heavy atom. The quantitative estimate of drug-likeness (QED) is 0.792. The van der Waals surface area contributed by atoms with E-state index >= 15 is 0 Å². The van der Waals surface area contributed by atoms with Gasteiger partial charge in [-0.25, -0.2) is 0 Å². The van der Waals surface area contributed by atoms with E-state index in [1.165, 1.54) is 19.3 Å². The highest BCUT2D eigenvalue weighted by molar-refractivity contribution is 6.30. The molecule has 0 aromatic heterocycles. The SMILES string of the molecule is CC1CCCCC1NC(=O)CN1CCC(C(=O)c2ccc(Cl)cc2)CC1. The van der Waals surface area contributed by atoms with Gasteiger partial charge >= 0.3 is 0 Å². The van der Waals surface area contributed by atoms with Crippen LogP contribution in [0.25, 0.3) is 0 Å². The number of hydrogen-bond donors (Lipinski definition) is 1. The van der Waals surface area contributed by atoms with Gasteiger partial charge in [0.1, 0.15) is 0 Å². The number of piperidine rings is 1. The van der Waals surface area contributed by atoms with Gasteiger partial charge < -0.3 is 5.32 Å². The summed E-state index contributed by atoms with van der Waals surface area (Å²) in [4.78, 5) is 27.1. The van der Waals surface area contributed by atoms with Crippen LogP contribution >= 0.6 is 11.6 Å². The second kappa shape index (κ2) is 9.01. The molecule has 2 fully saturated rings. The van der Waals surface area contributed by atoms with Crippen molar-refractivity contribution in [1.82, 2.24) is 10.2 Å². The average molecular weight is 377 g/mol. The average Bonchev–Trinajstić information content (AvgIpc) is 2.64. The summed E-state index contributed by atoms with van der Waals surface area (Å²) in [7, 11) is 0. The number of ketones is 1. The van der Waals surface area contributed by atoms with Crippen LogP contribution in [0.2, 0.25) is 5.02 Å². The smallest absolute Gasteiger partial charge is 0.234 e. The normalized spacial score (nSPS) is 25.0. The molecule has 1 aromatic carbocycles. The van der Waals surface area contributed by atoms with Gasteiger partial charge in [0.05, 0.1) is 6.54 Å². The molecule has 1 aliphatic heterocycles. The number of halogens is 1. The lowest BCUT2D eigenvalue weighted by Crippen LogP contribution is -2.47. The van der Waals surface area contributed by atoms with Crippen LogP contribution < -0.4 is 5.32 Å². The van der Waals surface area contributed by atoms with Crippen LogP contribution in [0, 0.1) is 11.8 Å². The minimum absolute atomic E-state index is 0.0499. The molecule has 0 bridgehead atoms. The molecule has 1 saturated carbocycles. The van der Waals surface area contributed by atoms with Gasteiger partial charge in [0, 0.05) is 22.5 Å². The number of rotatable bonds is 5. The number of carbonyl (C=O) groups excluding carboxylic acids is 2. The fourth-order valence-corrected chi connectivity index (χ4v) is 4.32. The maximum Gasteiger partial charge on any atom is 0.234 e. The van der Waals surface area contributed by atoms with E-state index in [9.17, 15) is 9.59 Å². The molecule has 0 radical (unpaired) electrons. The lowest BCUT2D eigenvalue weighted by molar-refractivity contribution is -0.123. The fourth-order valence-electron chi connectivity index (χ4n) is 4.19. The van der Waals surface area contributed by atoms with Crippen molar-refractivity contribution in [2.24, 2.45) is 11.8 Å². The molecule has 142 valence electrons. The zero-order chi connectivity index (χ0) is 18.5. The zero-order valence-corrected chi connectivity index (χ0v) is 16.3. The summed E-state index contributed by atoms with van der Waals surface area (Å²) < 4.78 is 0. The molecule has 26 heavy (non-hydrogen) atoms. The van der Waals surface area contributed by atoms with E-state index in [1.54, 1.807) is 24.3 Å². The van der Waals surface area contributed by atoms with Crippen LogP contribution in [0.15, 0.2) is 24.3 Å². The minimum atomic E-state index is 0.0499. The molecule has 2 unspecified atom stereocenters. The Bertz CT molecular complexity index is 623. The Balaban J connectivity index is 1.44. The van der Waals surface area contributed by atoms with Gasteiger partial charge in [-0.05, 0) is 69.0 Å². The van der Waals surface area contributed by atoms with Crippen molar-refractivity contribution in [2.75, 3.05) is 19.6 Å². The van der Waals surface area contributed by atoms with Crippen molar-refractivity contribution >= 4 is 23.3 Å². The van der Waals surface area contributed by atoms with Crippen LogP contribution in [-0.2, 0) is 4.79 Å². The molecular weight excluding hydrogens is 348 g/mol. The van der Waals surface area contributed by atoms with Crippen molar-refractivity contribution < 1.29 is 9.59 Å². The van der Waals surface area contributed by atoms with E-state index in [0.717, 1.165) is 37.9 Å². The molecule has 2 atom stereocenters. The largest absolute Gasteiger partial charge is 0.352 e. The third-order valence-electron chi connectivity index (χ3n) is 5.91. The predicted molar refractivity (Wildman–Crippen MR) is 105 cm³/mol. The number of carbonyl (C=O) groups is 2. The molecule has 1 amide bonds. The Labute approximate surface area is 161 Å². The van der Waals surface area contributed by atoms with Gasteiger partial charge in [-0.2, -0.15) is 0 Å². The van der Waals surface area contributed by atoms with E-state index in [0.29, 0.717) is 23.5 Å². The third kappa shape index (κ3) is 5.08. The highest BCUT2D eigenvalue weighted by Gasteiger charge is 2.28. The molecule has 1 heterocycles. The first kappa shape index (κ1) is 19.4. The predicted octanol–water partition coefficient (Wildman–Crippen LogP) is 3.93. The van der Waals surface area contributed by atoms with E-state index in [1.807, 2.05) is 0 Å². The Hall–Kier alpha value is -1.39. The number of nitrogens with zero attached hydrogens (tertiary/aromatic N) is 1. The summed E-state index contributed by atoms with van der Waals surface area (Å²) in [6, 6.07) is 7.47. The molecule has 0 spiro atoms. The van der Waals surface area contributed by atoms with Gasteiger partial charge in [-0.3, -0.25) is 14.5 Å². The van der Waals surface area contributed by atoms with E-state index in [-0.39, 0.29) is 17.6 Å². The summed E-state index contributed by atoms with van der Waals surface area (Å²) in [6.45, 7) is 4.29. The van der Waals surface area contributed by atoms with Crippen molar-refractivity contribution in [2.45, 2.75) is 51.5 Å². The van der Waals surface area contributed by atoms with Crippen LogP contribution in [0.1, 0.15) is 55.8 Å². The maximum atomic E-state index is 12.6. The number of benzene rings is 1. The monoisotopic (exact) mass is 376 g/mol. The van der Waals surface area contributed by atoms with Crippen molar-refractivity contribution in [3.63, 3.8) is 0 Å². The molecule has 1 saturated heterocycles. The highest BCUT2D eigenvalue weighted by atomic mass is 35.5. The molecule has 3 rings (SSSR count). The number of Topliss-reactive ketones (excluding diaryl/α,β-unsaturated/α-hetero) is 1. The topological polar surface area (TPSA) is 49.4 Å². The summed E-state index contributed by atoms with van der Waals surface area (Å²) in [6.07, 6.45) is 6.44. The molecular formula is C21H29ClN2O2. The molecule has 5 heteroatoms. The maximum absolute atomic E-state index is 12.6. The van der Waals surface area contributed by atoms with Gasteiger partial charge in [-0.1, -0.05) is 31.4 Å². The fraction of sp³-hybridized carbons (Fsp3) is 0.619. The Kier molecular flexibility index (Phi) is 6.71. The van der Waals surface area contributed by atoms with Gasteiger partial charge in [-0.15, -0.1) is 0 Å². The summed E-state index contributed by atoms with van der Waals surface area (Å²) in [5.41, 5.74) is 0.733. The molecule has 1 N–H and O–H groups in total. The number of hydrogen-bond acceptors (Lipinski definition) is 3. The van der Waals surface area contributed by atoms with Gasteiger partial charge in [0.25, 0.3) is 0 Å². The summed E-state index contributed by atoms with van der Waals surface area (Å²) >= 11 is 5.89. The van der Waals surface area contributed by atoms with Gasteiger partial charge in [0.2, 0.25) is 5.91 Å². The minimum Gasteiger partial charge on any atom is -0.352 e. The second-order valence-electron chi connectivity index (χ2n) is 7.86. The first-order valence-electron chi connectivity index (χ1n) is 9.84. The number of likely N-dealkylation sites (tertiary alicyclic amines) is 1. The van der Waals surface area contributed by atoms with Crippen LogP contribution in [-0.4, -0.2) is 42.3 Å². The molecule has 1 aromatic rings. The van der Waals surface area contributed by atoms with Crippen LogP contribution in [0.3, 0.4) is 0 Å². The third-order valence-corrected chi connectivity index (χ3v) is 6.16. The van der Waals surface area contributed by atoms with Crippen molar-refractivity contribution in [1.29, 1.82) is 0 Å². The lowest BCUT2D eigenvalue weighted by Gasteiger charge is -2.33. The van der Waals surface area contributed by atoms with Crippen LogP contribution in [0.5, 0.6) is 0 Å². The number of nitrogens with one attached hydrogen (secondary N) is 1. The van der Waals surface area contributed by atoms with Crippen molar-refractivity contribution in [3.8, 4) is 0 Å². The van der Waals surface area contributed by atoms with Gasteiger partial charge in [0.15, 0.2) is 5.78 Å². The molecule has 4 nitrogen and oxygen atoms in total. The lowest BCUT2D eigenvalue weighted by atomic mass is 9.86. The molecule has 2 aliphatic rings. The molecule has 1 aliphatic carbocycles. The van der Waals surface area contributed by atoms with E-state index in [2.05, 4.69) is 17.1 Å². The first-order valence-corrected chi connectivity index (χ1v) is 10.2. The Morgan fingerprint density at radius 3 is 2.38 bits per heavy atom.